The molecule has 0 radical (unpaired) electrons. The minimum atomic E-state index is -0.670. The van der Waals surface area contributed by atoms with Crippen molar-refractivity contribution in [2.75, 3.05) is 25.0 Å². The molecule has 6 nitrogen and oxygen atoms in total. The maximum absolute atomic E-state index is 11.9. The molecule has 124 valence electrons. The van der Waals surface area contributed by atoms with Gasteiger partial charge < -0.3 is 15.5 Å². The third-order valence-corrected chi connectivity index (χ3v) is 4.12. The normalized spacial score (nSPS) is 14.0. The van der Waals surface area contributed by atoms with Crippen molar-refractivity contribution in [2.45, 2.75) is 33.1 Å². The van der Waals surface area contributed by atoms with Crippen LogP contribution in [0.1, 0.15) is 30.4 Å². The van der Waals surface area contributed by atoms with Crippen molar-refractivity contribution >= 4 is 23.4 Å². The maximum atomic E-state index is 11.9. The van der Waals surface area contributed by atoms with Gasteiger partial charge in [0, 0.05) is 31.7 Å². The second kappa shape index (κ2) is 7.76. The van der Waals surface area contributed by atoms with Crippen molar-refractivity contribution in [2.24, 2.45) is 0 Å². The van der Waals surface area contributed by atoms with Crippen LogP contribution in [0.25, 0.3) is 0 Å². The summed E-state index contributed by atoms with van der Waals surface area (Å²) in [5.74, 6) is -1.15. The number of nitrogens with zero attached hydrogens (tertiary/aromatic N) is 1. The van der Waals surface area contributed by atoms with Gasteiger partial charge in [-0.3, -0.25) is 14.4 Å². The lowest BCUT2D eigenvalue weighted by Gasteiger charge is -2.15. The Kier molecular flexibility index (Phi) is 5.73. The van der Waals surface area contributed by atoms with Gasteiger partial charge in [0.1, 0.15) is 0 Å². The molecule has 0 unspecified atom stereocenters. The van der Waals surface area contributed by atoms with Gasteiger partial charge in [-0.15, -0.1) is 0 Å². The van der Waals surface area contributed by atoms with Gasteiger partial charge in [-0.1, -0.05) is 12.1 Å². The molecule has 1 aromatic carbocycles. The van der Waals surface area contributed by atoms with E-state index >= 15 is 0 Å². The van der Waals surface area contributed by atoms with Crippen LogP contribution in [0.3, 0.4) is 0 Å². The molecule has 23 heavy (non-hydrogen) atoms. The fraction of sp³-hybridized carbons (Fsp3) is 0.471. The van der Waals surface area contributed by atoms with Crippen molar-refractivity contribution in [1.29, 1.82) is 0 Å². The molecule has 0 aliphatic carbocycles. The molecule has 0 atom stereocenters. The minimum Gasteiger partial charge on any atom is -0.348 e. The highest BCUT2D eigenvalue weighted by Gasteiger charge is 2.19. The number of amides is 3. The number of hydrogen-bond acceptors (Lipinski definition) is 3. The predicted octanol–water partition coefficient (Wildman–Crippen LogP) is 1.37. The monoisotopic (exact) mass is 317 g/mol. The lowest BCUT2D eigenvalue weighted by atomic mass is 10.1. The molecule has 1 aromatic rings. The first kappa shape index (κ1) is 17.0. The summed E-state index contributed by atoms with van der Waals surface area (Å²) in [5, 5.41) is 5.21. The summed E-state index contributed by atoms with van der Waals surface area (Å²) >= 11 is 0. The van der Waals surface area contributed by atoms with Crippen molar-refractivity contribution in [1.82, 2.24) is 10.2 Å². The Bertz CT molecular complexity index is 613. The number of rotatable bonds is 5. The van der Waals surface area contributed by atoms with Gasteiger partial charge in [0.25, 0.3) is 0 Å². The lowest BCUT2D eigenvalue weighted by molar-refractivity contribution is -0.136. The summed E-state index contributed by atoms with van der Waals surface area (Å²) in [5.41, 5.74) is 2.65. The van der Waals surface area contributed by atoms with Gasteiger partial charge in [-0.05, 0) is 43.9 Å². The van der Waals surface area contributed by atoms with Gasteiger partial charge >= 0.3 is 11.8 Å². The molecule has 1 heterocycles. The van der Waals surface area contributed by atoms with E-state index in [0.29, 0.717) is 31.6 Å². The standard InChI is InChI=1S/C17H23N3O3/c1-12-6-3-7-14(13(12)2)19-17(23)16(22)18-9-5-11-20-10-4-8-15(20)21/h3,6-7H,4-5,8-11H2,1-2H3,(H,18,22)(H,19,23). The van der Waals surface area contributed by atoms with Crippen molar-refractivity contribution < 1.29 is 14.4 Å². The number of anilines is 1. The molecule has 2 N–H and O–H groups in total. The van der Waals surface area contributed by atoms with Crippen molar-refractivity contribution in [3.05, 3.63) is 29.3 Å². The van der Waals surface area contributed by atoms with E-state index in [1.54, 1.807) is 11.0 Å². The zero-order valence-electron chi connectivity index (χ0n) is 13.6. The first-order valence-corrected chi connectivity index (χ1v) is 7.92. The van der Waals surface area contributed by atoms with E-state index in [1.807, 2.05) is 26.0 Å². The number of carbonyl (C=O) groups is 3. The zero-order valence-corrected chi connectivity index (χ0v) is 13.6. The highest BCUT2D eigenvalue weighted by Crippen LogP contribution is 2.17. The molecular formula is C17H23N3O3. The van der Waals surface area contributed by atoms with Crippen LogP contribution in [0.5, 0.6) is 0 Å². The van der Waals surface area contributed by atoms with Crippen LogP contribution in [-0.2, 0) is 14.4 Å². The number of hydrogen-bond donors (Lipinski definition) is 2. The highest BCUT2D eigenvalue weighted by molar-refractivity contribution is 6.39. The Morgan fingerprint density at radius 2 is 2.00 bits per heavy atom. The average Bonchev–Trinajstić information content (AvgIpc) is 2.93. The average molecular weight is 317 g/mol. The molecule has 1 fully saturated rings. The number of benzene rings is 1. The van der Waals surface area contributed by atoms with E-state index in [9.17, 15) is 14.4 Å². The fourth-order valence-electron chi connectivity index (χ4n) is 2.56. The Balaban J connectivity index is 1.73. The molecule has 0 spiro atoms. The largest absolute Gasteiger partial charge is 0.348 e. The molecule has 1 aliphatic heterocycles. The van der Waals surface area contributed by atoms with Crippen LogP contribution in [0.4, 0.5) is 5.69 Å². The summed E-state index contributed by atoms with van der Waals surface area (Å²) in [4.78, 5) is 36.9. The SMILES string of the molecule is Cc1cccc(NC(=O)C(=O)NCCCN2CCCC2=O)c1C. The summed E-state index contributed by atoms with van der Waals surface area (Å²) < 4.78 is 0. The van der Waals surface area contributed by atoms with Crippen LogP contribution in [0, 0.1) is 13.8 Å². The van der Waals surface area contributed by atoms with E-state index < -0.39 is 11.8 Å². The Hall–Kier alpha value is -2.37. The lowest BCUT2D eigenvalue weighted by Crippen LogP contribution is -2.37. The molecule has 6 heteroatoms. The van der Waals surface area contributed by atoms with Gasteiger partial charge in [-0.2, -0.15) is 0 Å². The quantitative estimate of drug-likeness (QED) is 0.636. The van der Waals surface area contributed by atoms with Crippen LogP contribution in [0.2, 0.25) is 0 Å². The third kappa shape index (κ3) is 4.55. The van der Waals surface area contributed by atoms with Crippen LogP contribution in [0.15, 0.2) is 18.2 Å². The van der Waals surface area contributed by atoms with Gasteiger partial charge in [0.15, 0.2) is 0 Å². The molecule has 1 aliphatic rings. The second-order valence-corrected chi connectivity index (χ2v) is 5.80. The van der Waals surface area contributed by atoms with Crippen molar-refractivity contribution in [3.63, 3.8) is 0 Å². The van der Waals surface area contributed by atoms with Crippen LogP contribution in [-0.4, -0.2) is 42.3 Å². The van der Waals surface area contributed by atoms with E-state index in [1.165, 1.54) is 0 Å². The zero-order chi connectivity index (χ0) is 16.8. The molecule has 0 aromatic heterocycles. The Morgan fingerprint density at radius 1 is 1.22 bits per heavy atom. The molecule has 3 amide bonds. The summed E-state index contributed by atoms with van der Waals surface area (Å²) in [6.45, 7) is 5.64. The first-order valence-electron chi connectivity index (χ1n) is 7.92. The van der Waals surface area contributed by atoms with E-state index in [2.05, 4.69) is 10.6 Å². The Labute approximate surface area is 136 Å². The predicted molar refractivity (Wildman–Crippen MR) is 88.0 cm³/mol. The van der Waals surface area contributed by atoms with Crippen molar-refractivity contribution in [3.8, 4) is 0 Å². The maximum Gasteiger partial charge on any atom is 0.313 e. The van der Waals surface area contributed by atoms with E-state index in [4.69, 9.17) is 0 Å². The van der Waals surface area contributed by atoms with Crippen LogP contribution >= 0.6 is 0 Å². The number of carbonyl (C=O) groups excluding carboxylic acids is 3. The number of aryl methyl sites for hydroxylation is 1. The smallest absolute Gasteiger partial charge is 0.313 e. The minimum absolute atomic E-state index is 0.170. The first-order chi connectivity index (χ1) is 11.0. The molecule has 0 bridgehead atoms. The number of likely N-dealkylation sites (tertiary alicyclic amines) is 1. The topological polar surface area (TPSA) is 78.5 Å². The second-order valence-electron chi connectivity index (χ2n) is 5.80. The van der Waals surface area contributed by atoms with E-state index in [-0.39, 0.29) is 5.91 Å². The van der Waals surface area contributed by atoms with Gasteiger partial charge in [-0.25, -0.2) is 0 Å². The fourth-order valence-corrected chi connectivity index (χ4v) is 2.56. The van der Waals surface area contributed by atoms with Gasteiger partial charge in [0.2, 0.25) is 5.91 Å². The third-order valence-electron chi connectivity index (χ3n) is 4.12. The number of nitrogens with one attached hydrogen (secondary N) is 2. The molecular weight excluding hydrogens is 294 g/mol. The molecule has 2 rings (SSSR count). The summed E-state index contributed by atoms with van der Waals surface area (Å²) in [6.07, 6.45) is 2.17. The van der Waals surface area contributed by atoms with Gasteiger partial charge in [0.05, 0.1) is 0 Å². The summed E-state index contributed by atoms with van der Waals surface area (Å²) in [7, 11) is 0. The van der Waals surface area contributed by atoms with Crippen LogP contribution < -0.4 is 10.6 Å². The Morgan fingerprint density at radius 3 is 2.70 bits per heavy atom. The van der Waals surface area contributed by atoms with E-state index in [0.717, 1.165) is 24.1 Å². The molecule has 1 saturated heterocycles. The summed E-state index contributed by atoms with van der Waals surface area (Å²) in [6, 6.07) is 5.56. The molecule has 0 saturated carbocycles. The highest BCUT2D eigenvalue weighted by atomic mass is 16.2.